The van der Waals surface area contributed by atoms with Crippen molar-refractivity contribution in [3.63, 3.8) is 0 Å². The number of anilines is 1. The van der Waals surface area contributed by atoms with Gasteiger partial charge in [-0.2, -0.15) is 0 Å². The SMILES string of the molecule is NC1CC(C(=O)N2CCCc3ccccc32)NN1. The van der Waals surface area contributed by atoms with Crippen molar-refractivity contribution in [2.24, 2.45) is 5.73 Å². The smallest absolute Gasteiger partial charge is 0.245 e. The Bertz CT molecular complexity index is 462. The number of nitrogens with one attached hydrogen (secondary N) is 2. The van der Waals surface area contributed by atoms with Gasteiger partial charge in [0.1, 0.15) is 6.04 Å². The number of carbonyl (C=O) groups is 1. The number of fused-ring (bicyclic) bond motifs is 1. The van der Waals surface area contributed by atoms with E-state index in [1.54, 1.807) is 0 Å². The van der Waals surface area contributed by atoms with Crippen molar-refractivity contribution in [1.82, 2.24) is 10.9 Å². The van der Waals surface area contributed by atoms with E-state index in [-0.39, 0.29) is 18.1 Å². The average Bonchev–Trinajstić information content (AvgIpc) is 2.84. The molecule has 0 spiro atoms. The summed E-state index contributed by atoms with van der Waals surface area (Å²) in [4.78, 5) is 14.4. The van der Waals surface area contributed by atoms with E-state index >= 15 is 0 Å². The Labute approximate surface area is 106 Å². The van der Waals surface area contributed by atoms with E-state index in [1.807, 2.05) is 23.1 Å². The fourth-order valence-corrected chi connectivity index (χ4v) is 2.69. The minimum atomic E-state index is -0.217. The van der Waals surface area contributed by atoms with Crippen LogP contribution in [0.1, 0.15) is 18.4 Å². The van der Waals surface area contributed by atoms with Gasteiger partial charge in [-0.1, -0.05) is 18.2 Å². The van der Waals surface area contributed by atoms with Crippen molar-refractivity contribution < 1.29 is 4.79 Å². The Kier molecular flexibility index (Phi) is 3.03. The van der Waals surface area contributed by atoms with Gasteiger partial charge >= 0.3 is 0 Å². The number of nitrogens with zero attached hydrogens (tertiary/aromatic N) is 1. The van der Waals surface area contributed by atoms with Crippen LogP contribution in [0.4, 0.5) is 5.69 Å². The third-order valence-corrected chi connectivity index (χ3v) is 3.61. The molecule has 0 radical (unpaired) electrons. The highest BCUT2D eigenvalue weighted by atomic mass is 16.2. The molecule has 0 aromatic heterocycles. The first kappa shape index (κ1) is 11.6. The van der Waals surface area contributed by atoms with Gasteiger partial charge in [0.25, 0.3) is 0 Å². The molecule has 5 heteroatoms. The summed E-state index contributed by atoms with van der Waals surface area (Å²) in [5.41, 5.74) is 13.9. The van der Waals surface area contributed by atoms with Gasteiger partial charge in [0.05, 0.1) is 6.17 Å². The summed E-state index contributed by atoms with van der Waals surface area (Å²) in [6.07, 6.45) is 2.57. The van der Waals surface area contributed by atoms with Crippen LogP contribution in [0.5, 0.6) is 0 Å². The van der Waals surface area contributed by atoms with E-state index < -0.39 is 0 Å². The maximum atomic E-state index is 12.5. The molecule has 0 bridgehead atoms. The molecule has 18 heavy (non-hydrogen) atoms. The van der Waals surface area contributed by atoms with Crippen molar-refractivity contribution in [3.05, 3.63) is 29.8 Å². The molecular weight excluding hydrogens is 228 g/mol. The predicted octanol–water partition coefficient (Wildman–Crippen LogP) is 0.117. The zero-order valence-corrected chi connectivity index (χ0v) is 10.2. The third kappa shape index (κ3) is 2.01. The molecule has 1 saturated heterocycles. The highest BCUT2D eigenvalue weighted by Gasteiger charge is 2.32. The molecule has 1 aromatic carbocycles. The van der Waals surface area contributed by atoms with Crippen molar-refractivity contribution in [2.75, 3.05) is 11.4 Å². The Morgan fingerprint density at radius 2 is 2.17 bits per heavy atom. The van der Waals surface area contributed by atoms with Crippen molar-refractivity contribution in [1.29, 1.82) is 0 Å². The van der Waals surface area contributed by atoms with Crippen LogP contribution in [-0.4, -0.2) is 24.7 Å². The maximum absolute atomic E-state index is 12.5. The normalized spacial score (nSPS) is 27.1. The second-order valence-corrected chi connectivity index (χ2v) is 4.91. The summed E-state index contributed by atoms with van der Waals surface area (Å²) >= 11 is 0. The largest absolute Gasteiger partial charge is 0.315 e. The number of rotatable bonds is 1. The second-order valence-electron chi connectivity index (χ2n) is 4.91. The Balaban J connectivity index is 1.83. The topological polar surface area (TPSA) is 70.4 Å². The van der Waals surface area contributed by atoms with Crippen LogP contribution in [-0.2, 0) is 11.2 Å². The number of carbonyl (C=O) groups excluding carboxylic acids is 1. The van der Waals surface area contributed by atoms with Crippen molar-refractivity contribution in [3.8, 4) is 0 Å². The highest BCUT2D eigenvalue weighted by Crippen LogP contribution is 2.27. The lowest BCUT2D eigenvalue weighted by Gasteiger charge is -2.31. The number of nitrogens with two attached hydrogens (primary N) is 1. The molecule has 2 heterocycles. The van der Waals surface area contributed by atoms with E-state index in [1.165, 1.54) is 5.56 Å². The monoisotopic (exact) mass is 246 g/mol. The number of aryl methyl sites for hydroxylation is 1. The van der Waals surface area contributed by atoms with Gasteiger partial charge in [0.15, 0.2) is 0 Å². The molecule has 96 valence electrons. The highest BCUT2D eigenvalue weighted by molar-refractivity contribution is 5.98. The van der Waals surface area contributed by atoms with Gasteiger partial charge in [0, 0.05) is 18.7 Å². The lowest BCUT2D eigenvalue weighted by molar-refractivity contribution is -0.120. The van der Waals surface area contributed by atoms with Crippen LogP contribution in [0.2, 0.25) is 0 Å². The van der Waals surface area contributed by atoms with E-state index in [0.29, 0.717) is 6.42 Å². The van der Waals surface area contributed by atoms with Crippen LogP contribution < -0.4 is 21.5 Å². The molecule has 2 aliphatic rings. The molecule has 1 fully saturated rings. The zero-order valence-electron chi connectivity index (χ0n) is 10.2. The molecule has 1 amide bonds. The predicted molar refractivity (Wildman–Crippen MR) is 69.8 cm³/mol. The van der Waals surface area contributed by atoms with Crippen LogP contribution in [0.25, 0.3) is 0 Å². The van der Waals surface area contributed by atoms with E-state index in [0.717, 1.165) is 25.1 Å². The number of benzene rings is 1. The number of hydrogen-bond donors (Lipinski definition) is 3. The van der Waals surface area contributed by atoms with Crippen LogP contribution >= 0.6 is 0 Å². The Morgan fingerprint density at radius 3 is 2.94 bits per heavy atom. The molecule has 2 unspecified atom stereocenters. The summed E-state index contributed by atoms with van der Waals surface area (Å²) in [7, 11) is 0. The summed E-state index contributed by atoms with van der Waals surface area (Å²) in [5, 5.41) is 0. The van der Waals surface area contributed by atoms with Gasteiger partial charge in [-0.25, -0.2) is 10.9 Å². The quantitative estimate of drug-likeness (QED) is 0.658. The van der Waals surface area contributed by atoms with Gasteiger partial charge in [-0.3, -0.25) is 4.79 Å². The molecule has 2 atom stereocenters. The van der Waals surface area contributed by atoms with Crippen molar-refractivity contribution >= 4 is 11.6 Å². The molecular formula is C13H18N4O. The molecule has 2 aliphatic heterocycles. The van der Waals surface area contributed by atoms with Gasteiger partial charge in [-0.15, -0.1) is 0 Å². The first-order valence-corrected chi connectivity index (χ1v) is 6.41. The minimum Gasteiger partial charge on any atom is -0.315 e. The van der Waals surface area contributed by atoms with Crippen LogP contribution in [0, 0.1) is 0 Å². The van der Waals surface area contributed by atoms with E-state index in [4.69, 9.17) is 5.73 Å². The number of hydrogen-bond acceptors (Lipinski definition) is 4. The Morgan fingerprint density at radius 1 is 1.33 bits per heavy atom. The summed E-state index contributed by atoms with van der Waals surface area (Å²) in [6.45, 7) is 0.795. The lowest BCUT2D eigenvalue weighted by Crippen LogP contribution is -2.47. The van der Waals surface area contributed by atoms with Crippen LogP contribution in [0.3, 0.4) is 0 Å². The Hall–Kier alpha value is -1.43. The summed E-state index contributed by atoms with van der Waals surface area (Å²) in [5.74, 6) is 0.114. The second kappa shape index (κ2) is 4.68. The first-order chi connectivity index (χ1) is 8.75. The first-order valence-electron chi connectivity index (χ1n) is 6.41. The standard InChI is InChI=1S/C13H18N4O/c14-12-8-10(15-16-12)13(18)17-7-3-5-9-4-1-2-6-11(9)17/h1-2,4,6,10,12,15-16H,3,5,7-8,14H2. The lowest BCUT2D eigenvalue weighted by atomic mass is 10.0. The van der Waals surface area contributed by atoms with Gasteiger partial charge in [0.2, 0.25) is 5.91 Å². The summed E-state index contributed by atoms with van der Waals surface area (Å²) < 4.78 is 0. The van der Waals surface area contributed by atoms with Crippen molar-refractivity contribution in [2.45, 2.75) is 31.5 Å². The number of hydrazine groups is 1. The zero-order chi connectivity index (χ0) is 12.5. The van der Waals surface area contributed by atoms with Gasteiger partial charge in [-0.05, 0) is 24.5 Å². The number of para-hydroxylation sites is 1. The maximum Gasteiger partial charge on any atom is 0.245 e. The van der Waals surface area contributed by atoms with E-state index in [9.17, 15) is 4.79 Å². The van der Waals surface area contributed by atoms with E-state index in [2.05, 4.69) is 16.9 Å². The molecule has 4 N–H and O–H groups in total. The molecule has 0 saturated carbocycles. The third-order valence-electron chi connectivity index (χ3n) is 3.61. The molecule has 0 aliphatic carbocycles. The average molecular weight is 246 g/mol. The summed E-state index contributed by atoms with van der Waals surface area (Å²) in [6, 6.07) is 7.91. The van der Waals surface area contributed by atoms with Crippen LogP contribution in [0.15, 0.2) is 24.3 Å². The van der Waals surface area contributed by atoms with Gasteiger partial charge < -0.3 is 10.6 Å². The fourth-order valence-electron chi connectivity index (χ4n) is 2.69. The minimum absolute atomic E-state index is 0.114. The fraction of sp³-hybridized carbons (Fsp3) is 0.462. The molecule has 5 nitrogen and oxygen atoms in total. The molecule has 1 aromatic rings. The number of amides is 1. The molecule has 3 rings (SSSR count).